The quantitative estimate of drug-likeness (QED) is 0.851. The maximum Gasteiger partial charge on any atom is 0.274 e. The van der Waals surface area contributed by atoms with E-state index in [4.69, 9.17) is 29.6 Å². The SMILES string of the molecule is NC(=S)c1ccc(C(=O)Nc2c(F)cc(F)cc2Cl)nc1. The van der Waals surface area contributed by atoms with Crippen LogP contribution in [0.3, 0.4) is 0 Å². The van der Waals surface area contributed by atoms with Crippen molar-refractivity contribution in [2.45, 2.75) is 0 Å². The summed E-state index contributed by atoms with van der Waals surface area (Å²) in [5.41, 5.74) is 5.59. The Balaban J connectivity index is 2.24. The van der Waals surface area contributed by atoms with E-state index in [1.807, 2.05) is 0 Å². The van der Waals surface area contributed by atoms with Crippen molar-refractivity contribution < 1.29 is 13.6 Å². The summed E-state index contributed by atoms with van der Waals surface area (Å²) in [6, 6.07) is 4.39. The van der Waals surface area contributed by atoms with Gasteiger partial charge in [0.25, 0.3) is 5.91 Å². The van der Waals surface area contributed by atoms with Crippen LogP contribution in [0.5, 0.6) is 0 Å². The number of hydrogen-bond acceptors (Lipinski definition) is 3. The van der Waals surface area contributed by atoms with E-state index >= 15 is 0 Å². The van der Waals surface area contributed by atoms with Gasteiger partial charge in [0.2, 0.25) is 0 Å². The van der Waals surface area contributed by atoms with Crippen molar-refractivity contribution in [1.29, 1.82) is 0 Å². The molecule has 0 saturated heterocycles. The molecule has 0 aliphatic heterocycles. The van der Waals surface area contributed by atoms with Crippen LogP contribution in [-0.4, -0.2) is 15.9 Å². The van der Waals surface area contributed by atoms with Crippen molar-refractivity contribution in [3.63, 3.8) is 0 Å². The van der Waals surface area contributed by atoms with Crippen molar-refractivity contribution >= 4 is 40.4 Å². The lowest BCUT2D eigenvalue weighted by Gasteiger charge is -2.08. The van der Waals surface area contributed by atoms with E-state index in [0.717, 1.165) is 6.07 Å². The van der Waals surface area contributed by atoms with Crippen LogP contribution in [-0.2, 0) is 0 Å². The molecule has 21 heavy (non-hydrogen) atoms. The Morgan fingerprint density at radius 3 is 2.57 bits per heavy atom. The maximum atomic E-state index is 13.6. The Bertz CT molecular complexity index is 699. The zero-order valence-electron chi connectivity index (χ0n) is 10.4. The molecule has 4 nitrogen and oxygen atoms in total. The number of hydrogen-bond donors (Lipinski definition) is 2. The Kier molecular flexibility index (Phi) is 4.44. The summed E-state index contributed by atoms with van der Waals surface area (Å²) in [5.74, 6) is -2.51. The van der Waals surface area contributed by atoms with Crippen LogP contribution in [0.1, 0.15) is 16.1 Å². The van der Waals surface area contributed by atoms with Crippen LogP contribution in [0.15, 0.2) is 30.5 Å². The Hall–Kier alpha value is -2.12. The second-order valence-electron chi connectivity index (χ2n) is 3.99. The Morgan fingerprint density at radius 2 is 2.05 bits per heavy atom. The van der Waals surface area contributed by atoms with E-state index < -0.39 is 17.5 Å². The minimum Gasteiger partial charge on any atom is -0.389 e. The molecule has 3 N–H and O–H groups in total. The van der Waals surface area contributed by atoms with Crippen LogP contribution >= 0.6 is 23.8 Å². The number of nitrogens with two attached hydrogens (primary N) is 1. The molecule has 1 amide bonds. The first-order valence-electron chi connectivity index (χ1n) is 5.60. The molecule has 0 fully saturated rings. The number of benzene rings is 1. The minimum atomic E-state index is -0.979. The van der Waals surface area contributed by atoms with E-state index in [9.17, 15) is 13.6 Å². The van der Waals surface area contributed by atoms with Gasteiger partial charge >= 0.3 is 0 Å². The van der Waals surface area contributed by atoms with Gasteiger partial charge in [0, 0.05) is 17.8 Å². The molecule has 0 saturated carbocycles. The van der Waals surface area contributed by atoms with Gasteiger partial charge in [-0.15, -0.1) is 0 Å². The molecule has 1 heterocycles. The Morgan fingerprint density at radius 1 is 1.33 bits per heavy atom. The minimum absolute atomic E-state index is 0.00907. The van der Waals surface area contributed by atoms with Gasteiger partial charge < -0.3 is 11.1 Å². The third-order valence-electron chi connectivity index (χ3n) is 2.53. The Labute approximate surface area is 128 Å². The van der Waals surface area contributed by atoms with Gasteiger partial charge in [-0.3, -0.25) is 9.78 Å². The third-order valence-corrected chi connectivity index (χ3v) is 3.06. The molecule has 0 unspecified atom stereocenters. The van der Waals surface area contributed by atoms with E-state index in [1.165, 1.54) is 18.3 Å². The second kappa shape index (κ2) is 6.11. The van der Waals surface area contributed by atoms with Crippen LogP contribution in [0.4, 0.5) is 14.5 Å². The molecular formula is C13H8ClF2N3OS. The van der Waals surface area contributed by atoms with Gasteiger partial charge in [-0.2, -0.15) is 0 Å². The highest BCUT2D eigenvalue weighted by molar-refractivity contribution is 7.80. The maximum absolute atomic E-state index is 13.6. The smallest absolute Gasteiger partial charge is 0.274 e. The lowest BCUT2D eigenvalue weighted by molar-refractivity contribution is 0.102. The summed E-state index contributed by atoms with van der Waals surface area (Å²) < 4.78 is 26.5. The molecule has 0 radical (unpaired) electrons. The summed E-state index contributed by atoms with van der Waals surface area (Å²) >= 11 is 10.4. The first-order chi connectivity index (χ1) is 9.88. The number of anilines is 1. The number of rotatable bonds is 3. The first kappa shape index (κ1) is 15.3. The zero-order valence-corrected chi connectivity index (χ0v) is 11.9. The van der Waals surface area contributed by atoms with E-state index in [1.54, 1.807) is 0 Å². The van der Waals surface area contributed by atoms with Gasteiger partial charge in [-0.1, -0.05) is 23.8 Å². The molecule has 0 aliphatic rings. The molecule has 0 spiro atoms. The van der Waals surface area contributed by atoms with Crippen LogP contribution in [0, 0.1) is 11.6 Å². The van der Waals surface area contributed by atoms with Crippen molar-refractivity contribution in [1.82, 2.24) is 4.98 Å². The number of amides is 1. The first-order valence-corrected chi connectivity index (χ1v) is 6.39. The van der Waals surface area contributed by atoms with E-state index in [-0.39, 0.29) is 21.4 Å². The third kappa shape index (κ3) is 3.50. The monoisotopic (exact) mass is 327 g/mol. The molecule has 2 rings (SSSR count). The number of nitrogens with zero attached hydrogens (tertiary/aromatic N) is 1. The zero-order chi connectivity index (χ0) is 15.6. The van der Waals surface area contributed by atoms with Crippen molar-refractivity contribution in [2.24, 2.45) is 5.73 Å². The molecule has 0 aliphatic carbocycles. The predicted octanol–water partition coefficient (Wildman–Crippen LogP) is 2.90. The summed E-state index contributed by atoms with van der Waals surface area (Å²) in [6.07, 6.45) is 1.32. The van der Waals surface area contributed by atoms with Crippen LogP contribution in [0.25, 0.3) is 0 Å². The van der Waals surface area contributed by atoms with Crippen molar-refractivity contribution in [2.75, 3.05) is 5.32 Å². The largest absolute Gasteiger partial charge is 0.389 e. The van der Waals surface area contributed by atoms with Gasteiger partial charge in [-0.25, -0.2) is 8.78 Å². The number of carbonyl (C=O) groups is 1. The predicted molar refractivity (Wildman–Crippen MR) is 79.4 cm³/mol. The summed E-state index contributed by atoms with van der Waals surface area (Å²) in [5, 5.41) is 1.98. The molecule has 0 bridgehead atoms. The average Bonchev–Trinajstić information content (AvgIpc) is 2.42. The fraction of sp³-hybridized carbons (Fsp3) is 0. The molecule has 1 aromatic heterocycles. The van der Waals surface area contributed by atoms with Crippen molar-refractivity contribution in [3.8, 4) is 0 Å². The summed E-state index contributed by atoms with van der Waals surface area (Å²) in [4.78, 5) is 15.9. The van der Waals surface area contributed by atoms with E-state index in [0.29, 0.717) is 11.6 Å². The number of pyridine rings is 1. The summed E-state index contributed by atoms with van der Waals surface area (Å²) in [6.45, 7) is 0. The molecule has 108 valence electrons. The highest BCUT2D eigenvalue weighted by Crippen LogP contribution is 2.26. The average molecular weight is 328 g/mol. The van der Waals surface area contributed by atoms with E-state index in [2.05, 4.69) is 10.3 Å². The summed E-state index contributed by atoms with van der Waals surface area (Å²) in [7, 11) is 0. The molecule has 8 heteroatoms. The fourth-order valence-electron chi connectivity index (χ4n) is 1.51. The fourth-order valence-corrected chi connectivity index (χ4v) is 1.88. The number of halogens is 3. The molecule has 0 atom stereocenters. The van der Waals surface area contributed by atoms with Gasteiger partial charge in [0.1, 0.15) is 16.5 Å². The molecular weight excluding hydrogens is 320 g/mol. The van der Waals surface area contributed by atoms with Crippen molar-refractivity contribution in [3.05, 3.63) is 58.4 Å². The second-order valence-corrected chi connectivity index (χ2v) is 4.84. The highest BCUT2D eigenvalue weighted by Gasteiger charge is 2.15. The normalized spacial score (nSPS) is 10.2. The lowest BCUT2D eigenvalue weighted by Crippen LogP contribution is -2.16. The number of carbonyl (C=O) groups excluding carboxylic acids is 1. The molecule has 2 aromatic rings. The molecule has 1 aromatic carbocycles. The highest BCUT2D eigenvalue weighted by atomic mass is 35.5. The van der Waals surface area contributed by atoms with Gasteiger partial charge in [0.15, 0.2) is 5.82 Å². The van der Waals surface area contributed by atoms with Gasteiger partial charge in [0.05, 0.1) is 10.7 Å². The number of nitrogens with one attached hydrogen (secondary N) is 1. The standard InChI is InChI=1S/C13H8ClF2N3OS/c14-8-3-7(15)4-9(16)11(8)19-13(20)10-2-1-6(5-18-10)12(17)21/h1-5H,(H2,17,21)(H,19,20). The van der Waals surface area contributed by atoms with Crippen LogP contribution in [0.2, 0.25) is 5.02 Å². The number of thiocarbonyl (C=S) groups is 1. The topological polar surface area (TPSA) is 68.0 Å². The number of aromatic nitrogens is 1. The van der Waals surface area contributed by atoms with Crippen LogP contribution < -0.4 is 11.1 Å². The lowest BCUT2D eigenvalue weighted by atomic mass is 10.2. The van der Waals surface area contributed by atoms with Gasteiger partial charge in [-0.05, 0) is 18.2 Å².